The number of carbonyl (C=O) groups is 1. The maximum absolute atomic E-state index is 13.8. The summed E-state index contributed by atoms with van der Waals surface area (Å²) in [5.41, 5.74) is 0. The van der Waals surface area contributed by atoms with E-state index in [4.69, 9.17) is 5.11 Å². The molecule has 1 aliphatic heterocycles. The normalized spacial score (nSPS) is 18.5. The highest BCUT2D eigenvalue weighted by Crippen LogP contribution is 2.20. The zero-order chi connectivity index (χ0) is 17.4. The van der Waals surface area contributed by atoms with Gasteiger partial charge in [-0.25, -0.2) is 14.2 Å². The number of halogens is 1. The molecule has 0 bridgehead atoms. The van der Waals surface area contributed by atoms with Crippen LogP contribution in [0.1, 0.15) is 32.6 Å². The highest BCUT2D eigenvalue weighted by atomic mass is 19.1. The fraction of sp³-hybridized carbons (Fsp3) is 0.647. The third kappa shape index (κ3) is 5.33. The molecule has 0 spiro atoms. The van der Waals surface area contributed by atoms with Gasteiger partial charge in [-0.15, -0.1) is 0 Å². The van der Waals surface area contributed by atoms with Gasteiger partial charge in [-0.2, -0.15) is 0 Å². The summed E-state index contributed by atoms with van der Waals surface area (Å²) >= 11 is 0. The van der Waals surface area contributed by atoms with Crippen molar-refractivity contribution in [2.24, 2.45) is 5.92 Å². The van der Waals surface area contributed by atoms with Crippen molar-refractivity contribution in [2.75, 3.05) is 31.1 Å². The first-order chi connectivity index (χ1) is 11.6. The SMILES string of the molecule is CCCC(CCO)CNC(=O)NC1CCN(c2ncccc2F)C1. The molecule has 2 unspecified atom stereocenters. The number of pyridine rings is 1. The molecule has 0 aromatic carbocycles. The molecule has 134 valence electrons. The number of carbonyl (C=O) groups excluding carboxylic acids is 1. The molecule has 6 nitrogen and oxygen atoms in total. The van der Waals surface area contributed by atoms with Crippen LogP contribution in [0.3, 0.4) is 0 Å². The Morgan fingerprint density at radius 3 is 3.08 bits per heavy atom. The third-order valence-electron chi connectivity index (χ3n) is 4.35. The Morgan fingerprint density at radius 1 is 1.54 bits per heavy atom. The Balaban J connectivity index is 1.76. The van der Waals surface area contributed by atoms with Crippen molar-refractivity contribution in [2.45, 2.75) is 38.6 Å². The summed E-state index contributed by atoms with van der Waals surface area (Å²) in [5, 5.41) is 14.9. The van der Waals surface area contributed by atoms with Gasteiger partial charge in [0.15, 0.2) is 11.6 Å². The minimum Gasteiger partial charge on any atom is -0.396 e. The first-order valence-corrected chi connectivity index (χ1v) is 8.64. The summed E-state index contributed by atoms with van der Waals surface area (Å²) in [6.45, 7) is 4.01. The number of hydrogen-bond donors (Lipinski definition) is 3. The van der Waals surface area contributed by atoms with Crippen molar-refractivity contribution in [3.8, 4) is 0 Å². The van der Waals surface area contributed by atoms with Gasteiger partial charge in [0.25, 0.3) is 0 Å². The Bertz CT molecular complexity index is 523. The van der Waals surface area contributed by atoms with Crippen molar-refractivity contribution in [1.29, 1.82) is 0 Å². The smallest absolute Gasteiger partial charge is 0.315 e. The molecule has 1 fully saturated rings. The molecule has 0 radical (unpaired) electrons. The van der Waals surface area contributed by atoms with Gasteiger partial charge < -0.3 is 20.6 Å². The van der Waals surface area contributed by atoms with Gasteiger partial charge in [0, 0.05) is 38.5 Å². The maximum atomic E-state index is 13.8. The van der Waals surface area contributed by atoms with E-state index in [-0.39, 0.29) is 24.5 Å². The highest BCUT2D eigenvalue weighted by Gasteiger charge is 2.26. The molecule has 2 heterocycles. The number of aliphatic hydroxyl groups is 1. The zero-order valence-corrected chi connectivity index (χ0v) is 14.2. The van der Waals surface area contributed by atoms with Crippen molar-refractivity contribution in [3.05, 3.63) is 24.1 Å². The minimum absolute atomic E-state index is 0.0196. The molecule has 2 atom stereocenters. The van der Waals surface area contributed by atoms with Crippen molar-refractivity contribution in [1.82, 2.24) is 15.6 Å². The van der Waals surface area contributed by atoms with E-state index in [9.17, 15) is 9.18 Å². The standard InChI is InChI=1S/C17H27FN4O2/c1-2-4-13(7-10-23)11-20-17(24)21-14-6-9-22(12-14)16-15(18)5-3-8-19-16/h3,5,8,13-14,23H,2,4,6-7,9-12H2,1H3,(H2,20,21,24). The predicted octanol–water partition coefficient (Wildman–Crippen LogP) is 1.90. The van der Waals surface area contributed by atoms with Crippen molar-refractivity contribution < 1.29 is 14.3 Å². The first-order valence-electron chi connectivity index (χ1n) is 8.64. The van der Waals surface area contributed by atoms with Crippen LogP contribution in [0.5, 0.6) is 0 Å². The molecule has 0 saturated carbocycles. The van der Waals surface area contributed by atoms with Gasteiger partial charge in [0.2, 0.25) is 0 Å². The van der Waals surface area contributed by atoms with Gasteiger partial charge in [-0.3, -0.25) is 0 Å². The maximum Gasteiger partial charge on any atom is 0.315 e. The summed E-state index contributed by atoms with van der Waals surface area (Å²) in [4.78, 5) is 18.0. The van der Waals surface area contributed by atoms with Crippen LogP contribution in [0.15, 0.2) is 18.3 Å². The zero-order valence-electron chi connectivity index (χ0n) is 14.2. The number of anilines is 1. The molecule has 2 amide bonds. The van der Waals surface area contributed by atoms with Crippen LogP contribution in [0.25, 0.3) is 0 Å². The average Bonchev–Trinajstić information content (AvgIpc) is 3.01. The van der Waals surface area contributed by atoms with Crippen LogP contribution in [0, 0.1) is 11.7 Å². The van der Waals surface area contributed by atoms with E-state index in [1.54, 1.807) is 12.3 Å². The van der Waals surface area contributed by atoms with Gasteiger partial charge in [0.05, 0.1) is 0 Å². The summed E-state index contributed by atoms with van der Waals surface area (Å²) < 4.78 is 13.8. The molecule has 3 N–H and O–H groups in total. The van der Waals surface area contributed by atoms with E-state index < -0.39 is 0 Å². The number of rotatable bonds is 8. The number of nitrogens with one attached hydrogen (secondary N) is 2. The quantitative estimate of drug-likeness (QED) is 0.676. The number of amides is 2. The number of urea groups is 1. The van der Waals surface area contributed by atoms with Gasteiger partial charge in [-0.1, -0.05) is 13.3 Å². The molecule has 1 aromatic heterocycles. The molecule has 1 saturated heterocycles. The topological polar surface area (TPSA) is 77.5 Å². The van der Waals surface area contributed by atoms with E-state index in [0.29, 0.717) is 37.8 Å². The second-order valence-corrected chi connectivity index (χ2v) is 6.26. The fourth-order valence-corrected chi connectivity index (χ4v) is 3.09. The van der Waals surface area contributed by atoms with E-state index >= 15 is 0 Å². The lowest BCUT2D eigenvalue weighted by molar-refractivity contribution is 0.227. The first kappa shape index (κ1) is 18.4. The molecule has 7 heteroatoms. The van der Waals surface area contributed by atoms with E-state index in [2.05, 4.69) is 22.5 Å². The Morgan fingerprint density at radius 2 is 2.38 bits per heavy atom. The molecule has 24 heavy (non-hydrogen) atoms. The van der Waals surface area contributed by atoms with Gasteiger partial charge in [-0.05, 0) is 37.3 Å². The molecule has 0 aliphatic carbocycles. The second-order valence-electron chi connectivity index (χ2n) is 6.26. The van der Waals surface area contributed by atoms with Crippen LogP contribution in [0.2, 0.25) is 0 Å². The Hall–Kier alpha value is -1.89. The lowest BCUT2D eigenvalue weighted by Gasteiger charge is -2.19. The summed E-state index contributed by atoms with van der Waals surface area (Å²) in [7, 11) is 0. The van der Waals surface area contributed by atoms with Gasteiger partial charge >= 0.3 is 6.03 Å². The van der Waals surface area contributed by atoms with E-state index in [1.165, 1.54) is 6.07 Å². The van der Waals surface area contributed by atoms with Crippen LogP contribution in [-0.2, 0) is 0 Å². The van der Waals surface area contributed by atoms with Gasteiger partial charge in [0.1, 0.15) is 0 Å². The Labute approximate surface area is 142 Å². The van der Waals surface area contributed by atoms with Crippen LogP contribution in [-0.4, -0.2) is 48.4 Å². The number of hydrogen-bond acceptors (Lipinski definition) is 4. The van der Waals surface area contributed by atoms with E-state index in [1.807, 2.05) is 4.90 Å². The summed E-state index contributed by atoms with van der Waals surface area (Å²) in [6, 6.07) is 2.73. The predicted molar refractivity (Wildman–Crippen MR) is 91.4 cm³/mol. The number of nitrogens with zero attached hydrogens (tertiary/aromatic N) is 2. The molecule has 1 aliphatic rings. The largest absolute Gasteiger partial charge is 0.396 e. The van der Waals surface area contributed by atoms with Crippen molar-refractivity contribution in [3.63, 3.8) is 0 Å². The monoisotopic (exact) mass is 338 g/mol. The third-order valence-corrected chi connectivity index (χ3v) is 4.35. The lowest BCUT2D eigenvalue weighted by Crippen LogP contribution is -2.44. The average molecular weight is 338 g/mol. The fourth-order valence-electron chi connectivity index (χ4n) is 3.09. The summed E-state index contributed by atoms with van der Waals surface area (Å²) in [5.74, 6) is 0.301. The molecular formula is C17H27FN4O2. The molecule has 1 aromatic rings. The van der Waals surface area contributed by atoms with E-state index in [0.717, 1.165) is 19.3 Å². The number of aromatic nitrogens is 1. The Kier molecular flexibility index (Phi) is 7.24. The second kappa shape index (κ2) is 9.42. The lowest BCUT2D eigenvalue weighted by atomic mass is 10.0. The van der Waals surface area contributed by atoms with Crippen LogP contribution < -0.4 is 15.5 Å². The van der Waals surface area contributed by atoms with Crippen LogP contribution in [0.4, 0.5) is 15.0 Å². The molecular weight excluding hydrogens is 311 g/mol. The summed E-state index contributed by atoms with van der Waals surface area (Å²) in [6.07, 6.45) is 5.04. The van der Waals surface area contributed by atoms with Crippen LogP contribution >= 0.6 is 0 Å². The minimum atomic E-state index is -0.339. The number of aliphatic hydroxyl groups excluding tert-OH is 1. The van der Waals surface area contributed by atoms with Crippen molar-refractivity contribution >= 4 is 11.8 Å². The highest BCUT2D eigenvalue weighted by molar-refractivity contribution is 5.74. The molecule has 2 rings (SSSR count).